The molecule has 3 aromatic heterocycles. The van der Waals surface area contributed by atoms with Crippen molar-refractivity contribution in [3.05, 3.63) is 70.8 Å². The van der Waals surface area contributed by atoms with E-state index in [1.54, 1.807) is 19.3 Å². The maximum Gasteiger partial charge on any atom is 0.174 e. The molecule has 0 radical (unpaired) electrons. The number of nitrogens with zero attached hydrogens (tertiary/aromatic N) is 3. The fraction of sp³-hybridized carbons (Fsp3) is 0.0952. The third-order valence-corrected chi connectivity index (χ3v) is 5.08. The number of nitrogen functional groups attached to an aromatic ring is 1. The van der Waals surface area contributed by atoms with Gasteiger partial charge in [-0.3, -0.25) is 0 Å². The molecule has 5 nitrogen and oxygen atoms in total. The molecule has 0 saturated heterocycles. The second kappa shape index (κ2) is 6.80. The third kappa shape index (κ3) is 3.51. The van der Waals surface area contributed by atoms with Gasteiger partial charge in [0.05, 0.1) is 5.69 Å². The van der Waals surface area contributed by atoms with Crippen LogP contribution < -0.4 is 5.73 Å². The van der Waals surface area contributed by atoms with Gasteiger partial charge in [0.1, 0.15) is 16.3 Å². The Hall–Kier alpha value is -3.27. The SMILES string of the molecule is C[C@@](O)(C#Cc1cccc(-c2ccc3ccnc(N)c3n2)c1)c1nccs1. The highest BCUT2D eigenvalue weighted by Crippen LogP contribution is 2.24. The van der Waals surface area contributed by atoms with Crippen molar-refractivity contribution in [1.82, 2.24) is 15.0 Å². The summed E-state index contributed by atoms with van der Waals surface area (Å²) in [5, 5.41) is 13.9. The van der Waals surface area contributed by atoms with Gasteiger partial charge in [-0.1, -0.05) is 30.0 Å². The topological polar surface area (TPSA) is 84.9 Å². The number of fused-ring (bicyclic) bond motifs is 1. The molecule has 0 saturated carbocycles. The van der Waals surface area contributed by atoms with Crippen molar-refractivity contribution in [3.63, 3.8) is 0 Å². The summed E-state index contributed by atoms with van der Waals surface area (Å²) in [6, 6.07) is 13.5. The van der Waals surface area contributed by atoms with Crippen LogP contribution in [0.2, 0.25) is 0 Å². The van der Waals surface area contributed by atoms with Crippen LogP contribution in [0.3, 0.4) is 0 Å². The smallest absolute Gasteiger partial charge is 0.174 e. The number of nitrogens with two attached hydrogens (primary N) is 1. The number of anilines is 1. The van der Waals surface area contributed by atoms with Gasteiger partial charge in [0.15, 0.2) is 5.60 Å². The summed E-state index contributed by atoms with van der Waals surface area (Å²) in [5.74, 6) is 6.34. The van der Waals surface area contributed by atoms with Crippen LogP contribution in [-0.4, -0.2) is 20.1 Å². The predicted molar refractivity (Wildman–Crippen MR) is 108 cm³/mol. The Morgan fingerprint density at radius 2 is 2.00 bits per heavy atom. The number of aromatic nitrogens is 3. The normalized spacial score (nSPS) is 13.0. The Morgan fingerprint density at radius 3 is 2.81 bits per heavy atom. The van der Waals surface area contributed by atoms with Gasteiger partial charge in [0.2, 0.25) is 0 Å². The molecular weight excluding hydrogens is 356 g/mol. The summed E-state index contributed by atoms with van der Waals surface area (Å²) in [6.45, 7) is 1.64. The summed E-state index contributed by atoms with van der Waals surface area (Å²) in [5.41, 5.74) is 7.83. The Bertz CT molecular complexity index is 1170. The first-order valence-electron chi connectivity index (χ1n) is 8.30. The Kier molecular flexibility index (Phi) is 4.32. The molecule has 1 aromatic carbocycles. The molecule has 0 fully saturated rings. The van der Waals surface area contributed by atoms with E-state index in [1.807, 2.05) is 47.8 Å². The van der Waals surface area contributed by atoms with Crippen LogP contribution in [0, 0.1) is 11.8 Å². The van der Waals surface area contributed by atoms with E-state index in [1.165, 1.54) is 11.3 Å². The first-order valence-corrected chi connectivity index (χ1v) is 9.18. The molecular formula is C21H16N4OS. The van der Waals surface area contributed by atoms with Gasteiger partial charge in [0, 0.05) is 34.3 Å². The molecule has 4 aromatic rings. The second-order valence-corrected chi connectivity index (χ2v) is 7.10. The lowest BCUT2D eigenvalue weighted by Gasteiger charge is -2.12. The fourth-order valence-electron chi connectivity index (χ4n) is 2.70. The van der Waals surface area contributed by atoms with Crippen LogP contribution in [0.4, 0.5) is 5.82 Å². The molecule has 0 unspecified atom stereocenters. The lowest BCUT2D eigenvalue weighted by Crippen LogP contribution is -2.17. The summed E-state index contributed by atoms with van der Waals surface area (Å²) in [6.07, 6.45) is 3.33. The van der Waals surface area contributed by atoms with Crippen molar-refractivity contribution in [1.29, 1.82) is 0 Å². The fourth-order valence-corrected chi connectivity index (χ4v) is 3.35. The Morgan fingerprint density at radius 1 is 1.11 bits per heavy atom. The highest BCUT2D eigenvalue weighted by Gasteiger charge is 2.22. The van der Waals surface area contributed by atoms with Crippen LogP contribution in [0.15, 0.2) is 60.2 Å². The average molecular weight is 372 g/mol. The lowest BCUT2D eigenvalue weighted by molar-refractivity contribution is 0.122. The minimum absolute atomic E-state index is 0.407. The molecule has 0 amide bonds. The second-order valence-electron chi connectivity index (χ2n) is 6.20. The van der Waals surface area contributed by atoms with E-state index in [2.05, 4.69) is 26.8 Å². The number of pyridine rings is 2. The van der Waals surface area contributed by atoms with Crippen LogP contribution in [0.1, 0.15) is 17.5 Å². The van der Waals surface area contributed by atoms with E-state index in [4.69, 9.17) is 5.73 Å². The number of aliphatic hydroxyl groups is 1. The molecule has 4 rings (SSSR count). The Labute approximate surface area is 160 Å². The van der Waals surface area contributed by atoms with E-state index in [-0.39, 0.29) is 0 Å². The van der Waals surface area contributed by atoms with E-state index in [9.17, 15) is 5.11 Å². The predicted octanol–water partition coefficient (Wildman–Crippen LogP) is 3.59. The first-order chi connectivity index (χ1) is 13.0. The molecule has 0 bridgehead atoms. The number of thiazole rings is 1. The first kappa shape index (κ1) is 17.2. The summed E-state index contributed by atoms with van der Waals surface area (Å²) < 4.78 is 0. The molecule has 1 atom stereocenters. The van der Waals surface area contributed by atoms with Crippen molar-refractivity contribution < 1.29 is 5.11 Å². The quantitative estimate of drug-likeness (QED) is 0.525. The number of benzene rings is 1. The molecule has 3 N–H and O–H groups in total. The van der Waals surface area contributed by atoms with Crippen LogP contribution >= 0.6 is 11.3 Å². The van der Waals surface area contributed by atoms with Gasteiger partial charge in [-0.2, -0.15) is 0 Å². The lowest BCUT2D eigenvalue weighted by atomic mass is 10.0. The van der Waals surface area contributed by atoms with Crippen molar-refractivity contribution >= 4 is 28.1 Å². The van der Waals surface area contributed by atoms with Gasteiger partial charge in [-0.15, -0.1) is 11.3 Å². The van der Waals surface area contributed by atoms with Crippen LogP contribution in [0.5, 0.6) is 0 Å². The molecule has 27 heavy (non-hydrogen) atoms. The van der Waals surface area contributed by atoms with Crippen LogP contribution in [-0.2, 0) is 5.60 Å². The van der Waals surface area contributed by atoms with Gasteiger partial charge in [0.25, 0.3) is 0 Å². The monoisotopic (exact) mass is 372 g/mol. The zero-order valence-corrected chi connectivity index (χ0v) is 15.4. The largest absolute Gasteiger partial charge is 0.382 e. The van der Waals surface area contributed by atoms with E-state index in [0.29, 0.717) is 16.3 Å². The van der Waals surface area contributed by atoms with Crippen LogP contribution in [0.25, 0.3) is 22.2 Å². The van der Waals surface area contributed by atoms with Crippen molar-refractivity contribution in [2.24, 2.45) is 0 Å². The molecule has 0 aliphatic heterocycles. The molecule has 0 aliphatic rings. The van der Waals surface area contributed by atoms with E-state index >= 15 is 0 Å². The number of rotatable bonds is 2. The van der Waals surface area contributed by atoms with Gasteiger partial charge in [-0.05, 0) is 31.2 Å². The molecule has 0 aliphatic carbocycles. The zero-order valence-electron chi connectivity index (χ0n) is 14.5. The van der Waals surface area contributed by atoms with Gasteiger partial charge in [-0.25, -0.2) is 15.0 Å². The standard InChI is InChI=1S/C21H16N4OS/c1-21(26,20-24-11-12-27-20)9-7-14-3-2-4-16(13-14)17-6-5-15-8-10-23-19(22)18(15)25-17/h2-6,8,10-13,26H,1H3,(H2,22,23)/t21-/m1/s1. The van der Waals surface area contributed by atoms with Crippen molar-refractivity contribution in [2.45, 2.75) is 12.5 Å². The van der Waals surface area contributed by atoms with E-state index < -0.39 is 5.60 Å². The summed E-state index contributed by atoms with van der Waals surface area (Å²) in [7, 11) is 0. The molecule has 6 heteroatoms. The number of hydrogen-bond acceptors (Lipinski definition) is 6. The summed E-state index contributed by atoms with van der Waals surface area (Å²) >= 11 is 1.38. The maximum atomic E-state index is 10.5. The highest BCUT2D eigenvalue weighted by atomic mass is 32.1. The molecule has 132 valence electrons. The van der Waals surface area contributed by atoms with Crippen molar-refractivity contribution in [2.75, 3.05) is 5.73 Å². The van der Waals surface area contributed by atoms with E-state index in [0.717, 1.165) is 22.2 Å². The average Bonchev–Trinajstić information content (AvgIpc) is 3.23. The van der Waals surface area contributed by atoms with Gasteiger partial charge < -0.3 is 10.8 Å². The summed E-state index contributed by atoms with van der Waals surface area (Å²) in [4.78, 5) is 12.9. The molecule has 3 heterocycles. The van der Waals surface area contributed by atoms with Crippen molar-refractivity contribution in [3.8, 4) is 23.1 Å². The third-order valence-electron chi connectivity index (χ3n) is 4.09. The number of hydrogen-bond donors (Lipinski definition) is 2. The van der Waals surface area contributed by atoms with Gasteiger partial charge >= 0.3 is 0 Å². The zero-order chi connectivity index (χ0) is 18.9. The maximum absolute atomic E-state index is 10.5. The molecule has 0 spiro atoms. The highest BCUT2D eigenvalue weighted by molar-refractivity contribution is 7.09. The minimum Gasteiger partial charge on any atom is -0.382 e. The minimum atomic E-state index is -1.29. The Balaban J connectivity index is 1.70.